The SMILES string of the molecule is C[C@@H]1[C@H](CN2CCC3(CC2)OCCO3)O[C@H](c2ccc(-c3cccc(CNC(=O)CCCC(=O)O)c3)cc2)O[C@@H]1c1ccc(CO)cc1. The van der Waals surface area contributed by atoms with E-state index in [1.165, 1.54) is 0 Å². The largest absolute Gasteiger partial charge is 0.481 e. The maximum atomic E-state index is 12.1. The molecule has 3 saturated heterocycles. The first-order valence-electron chi connectivity index (χ1n) is 17.0. The molecule has 3 heterocycles. The van der Waals surface area contributed by atoms with E-state index < -0.39 is 18.0 Å². The molecule has 10 nitrogen and oxygen atoms in total. The van der Waals surface area contributed by atoms with E-state index in [0.717, 1.165) is 65.9 Å². The molecule has 4 atom stereocenters. The average Bonchev–Trinajstić information content (AvgIpc) is 3.57. The minimum atomic E-state index is -0.896. The van der Waals surface area contributed by atoms with E-state index in [9.17, 15) is 14.7 Å². The summed E-state index contributed by atoms with van der Waals surface area (Å²) in [7, 11) is 0. The lowest BCUT2D eigenvalue weighted by molar-refractivity contribution is -0.278. The predicted molar refractivity (Wildman–Crippen MR) is 178 cm³/mol. The van der Waals surface area contributed by atoms with E-state index in [4.69, 9.17) is 24.1 Å². The molecule has 0 unspecified atom stereocenters. The first-order chi connectivity index (χ1) is 23.3. The maximum Gasteiger partial charge on any atom is 0.303 e. The number of aliphatic hydroxyl groups is 1. The third-order valence-electron chi connectivity index (χ3n) is 9.72. The lowest BCUT2D eigenvalue weighted by Gasteiger charge is -2.44. The van der Waals surface area contributed by atoms with Gasteiger partial charge in [-0.15, -0.1) is 0 Å². The summed E-state index contributed by atoms with van der Waals surface area (Å²) in [6.45, 7) is 6.44. The second-order valence-electron chi connectivity index (χ2n) is 13.1. The first kappa shape index (κ1) is 34.2. The van der Waals surface area contributed by atoms with Crippen LogP contribution in [-0.4, -0.2) is 71.7 Å². The smallest absolute Gasteiger partial charge is 0.303 e. The minimum absolute atomic E-state index is 0.00190. The molecule has 6 rings (SSSR count). The minimum Gasteiger partial charge on any atom is -0.481 e. The van der Waals surface area contributed by atoms with Crippen molar-refractivity contribution in [2.75, 3.05) is 32.8 Å². The van der Waals surface area contributed by atoms with Gasteiger partial charge in [-0.2, -0.15) is 0 Å². The van der Waals surface area contributed by atoms with Gasteiger partial charge in [-0.05, 0) is 40.3 Å². The van der Waals surface area contributed by atoms with Crippen molar-refractivity contribution in [2.24, 2.45) is 5.92 Å². The molecule has 256 valence electrons. The summed E-state index contributed by atoms with van der Waals surface area (Å²) in [5.74, 6) is -1.38. The van der Waals surface area contributed by atoms with Crippen LogP contribution in [-0.2, 0) is 41.7 Å². The van der Waals surface area contributed by atoms with E-state index in [0.29, 0.717) is 26.2 Å². The van der Waals surface area contributed by atoms with Gasteiger partial charge in [-0.3, -0.25) is 9.59 Å². The number of carboxylic acids is 1. The average molecular weight is 659 g/mol. The quantitative estimate of drug-likeness (QED) is 0.236. The number of rotatable bonds is 12. The Labute approximate surface area is 282 Å². The molecule has 3 N–H and O–H groups in total. The number of aliphatic hydroxyl groups excluding tert-OH is 1. The number of hydrogen-bond donors (Lipinski definition) is 3. The highest BCUT2D eigenvalue weighted by atomic mass is 16.7. The summed E-state index contributed by atoms with van der Waals surface area (Å²) in [5.41, 5.74) is 5.88. The van der Waals surface area contributed by atoms with Crippen molar-refractivity contribution in [1.82, 2.24) is 10.2 Å². The number of likely N-dealkylation sites (tertiary alicyclic amines) is 1. The second kappa shape index (κ2) is 15.7. The Kier molecular flexibility index (Phi) is 11.2. The number of aliphatic carboxylic acids is 1. The topological polar surface area (TPSA) is 127 Å². The van der Waals surface area contributed by atoms with Gasteiger partial charge in [-0.1, -0.05) is 73.7 Å². The molecule has 0 bridgehead atoms. The number of carbonyl (C=O) groups excluding carboxylic acids is 1. The molecular weight excluding hydrogens is 612 g/mol. The number of carboxylic acid groups (broad SMARTS) is 1. The lowest BCUT2D eigenvalue weighted by Crippen LogP contribution is -2.50. The molecular formula is C38H46N2O8. The normalized spacial score (nSPS) is 24.0. The molecule has 0 saturated carbocycles. The van der Waals surface area contributed by atoms with Gasteiger partial charge in [0.1, 0.15) is 0 Å². The third kappa shape index (κ3) is 8.49. The van der Waals surface area contributed by atoms with Crippen LogP contribution < -0.4 is 5.32 Å². The van der Waals surface area contributed by atoms with Gasteiger partial charge >= 0.3 is 5.97 Å². The second-order valence-corrected chi connectivity index (χ2v) is 13.1. The van der Waals surface area contributed by atoms with Crippen LogP contribution in [0, 0.1) is 5.92 Å². The fraction of sp³-hybridized carbons (Fsp3) is 0.474. The van der Waals surface area contributed by atoms with Crippen molar-refractivity contribution in [1.29, 1.82) is 0 Å². The van der Waals surface area contributed by atoms with Crippen LogP contribution in [0.25, 0.3) is 11.1 Å². The highest BCUT2D eigenvalue weighted by Crippen LogP contribution is 2.42. The third-order valence-corrected chi connectivity index (χ3v) is 9.72. The van der Waals surface area contributed by atoms with Gasteiger partial charge < -0.3 is 39.4 Å². The Bertz CT molecular complexity index is 1510. The monoisotopic (exact) mass is 658 g/mol. The van der Waals surface area contributed by atoms with Crippen molar-refractivity contribution in [3.05, 3.63) is 95.1 Å². The number of benzene rings is 3. The van der Waals surface area contributed by atoms with Gasteiger partial charge in [0.25, 0.3) is 0 Å². The molecule has 1 spiro atoms. The standard InChI is InChI=1S/C38H46N2O8/c1-26-33(24-40-18-16-38(17-19-40)45-20-21-46-38)47-37(48-36(26)30-10-8-27(25-41)9-11-30)31-14-12-29(13-15-31)32-5-2-4-28(22-32)23-39-34(42)6-3-7-35(43)44/h2,4-5,8-15,22,26,33,36-37,41H,3,6-7,16-21,23-25H2,1H3,(H,39,42)(H,43,44)/t26-,33+,36+,37+/m1/s1. The zero-order chi connectivity index (χ0) is 33.5. The van der Waals surface area contributed by atoms with Crippen molar-refractivity contribution in [3.63, 3.8) is 0 Å². The van der Waals surface area contributed by atoms with Crippen molar-refractivity contribution in [3.8, 4) is 11.1 Å². The number of nitrogens with zero attached hydrogens (tertiary/aromatic N) is 1. The molecule has 3 aliphatic heterocycles. The van der Waals surface area contributed by atoms with Gasteiger partial charge in [0.05, 0.1) is 32.0 Å². The molecule has 3 aliphatic rings. The van der Waals surface area contributed by atoms with Gasteiger partial charge in [0.2, 0.25) is 5.91 Å². The van der Waals surface area contributed by atoms with E-state index in [1.807, 2.05) is 48.5 Å². The number of ether oxygens (including phenoxy) is 4. The van der Waals surface area contributed by atoms with Crippen LogP contribution in [0.2, 0.25) is 0 Å². The summed E-state index contributed by atoms with van der Waals surface area (Å²) < 4.78 is 25.3. The Balaban J connectivity index is 1.14. The van der Waals surface area contributed by atoms with Gasteiger partial charge in [0.15, 0.2) is 12.1 Å². The van der Waals surface area contributed by atoms with Crippen LogP contribution in [0.4, 0.5) is 0 Å². The van der Waals surface area contributed by atoms with Crippen molar-refractivity contribution >= 4 is 11.9 Å². The molecule has 0 radical (unpaired) electrons. The number of carbonyl (C=O) groups is 2. The van der Waals surface area contributed by atoms with E-state index in [1.54, 1.807) is 0 Å². The van der Waals surface area contributed by atoms with E-state index in [2.05, 4.69) is 41.4 Å². The van der Waals surface area contributed by atoms with Gasteiger partial charge in [-0.25, -0.2) is 0 Å². The zero-order valence-corrected chi connectivity index (χ0v) is 27.5. The highest BCUT2D eigenvalue weighted by Gasteiger charge is 2.43. The summed E-state index contributed by atoms with van der Waals surface area (Å²) in [4.78, 5) is 25.3. The number of nitrogens with one attached hydrogen (secondary N) is 1. The fourth-order valence-corrected chi connectivity index (χ4v) is 6.83. The summed E-state index contributed by atoms with van der Waals surface area (Å²) in [5, 5.41) is 21.3. The number of piperidine rings is 1. The van der Waals surface area contributed by atoms with E-state index >= 15 is 0 Å². The van der Waals surface area contributed by atoms with E-state index in [-0.39, 0.29) is 43.5 Å². The molecule has 0 aromatic heterocycles. The van der Waals surface area contributed by atoms with Crippen LogP contribution >= 0.6 is 0 Å². The number of amides is 1. The Morgan fingerprint density at radius 3 is 2.27 bits per heavy atom. The molecule has 3 aromatic rings. The highest BCUT2D eigenvalue weighted by molar-refractivity contribution is 5.76. The Hall–Kier alpha value is -3.64. The van der Waals surface area contributed by atoms with Crippen LogP contribution in [0.5, 0.6) is 0 Å². The molecule has 1 amide bonds. The van der Waals surface area contributed by atoms with Crippen LogP contribution in [0.15, 0.2) is 72.8 Å². The zero-order valence-electron chi connectivity index (χ0n) is 27.5. The number of hydrogen-bond acceptors (Lipinski definition) is 8. The maximum absolute atomic E-state index is 12.1. The van der Waals surface area contributed by atoms with Crippen LogP contribution in [0.3, 0.4) is 0 Å². The molecule has 3 aromatic carbocycles. The molecule has 10 heteroatoms. The summed E-state index contributed by atoms with van der Waals surface area (Å²) in [6.07, 6.45) is 1.39. The fourth-order valence-electron chi connectivity index (χ4n) is 6.83. The Morgan fingerprint density at radius 2 is 1.58 bits per heavy atom. The van der Waals surface area contributed by atoms with Gasteiger partial charge in [0, 0.05) is 63.3 Å². The predicted octanol–water partition coefficient (Wildman–Crippen LogP) is 5.35. The summed E-state index contributed by atoms with van der Waals surface area (Å²) in [6, 6.07) is 24.2. The lowest BCUT2D eigenvalue weighted by atomic mass is 9.89. The first-order valence-corrected chi connectivity index (χ1v) is 17.0. The molecule has 0 aliphatic carbocycles. The van der Waals surface area contributed by atoms with Crippen molar-refractivity contribution in [2.45, 2.75) is 76.5 Å². The summed E-state index contributed by atoms with van der Waals surface area (Å²) >= 11 is 0. The van der Waals surface area contributed by atoms with Crippen LogP contribution in [0.1, 0.15) is 73.7 Å². The molecule has 3 fully saturated rings. The van der Waals surface area contributed by atoms with Crippen molar-refractivity contribution < 1.29 is 38.7 Å². The molecule has 48 heavy (non-hydrogen) atoms. The Morgan fingerprint density at radius 1 is 0.875 bits per heavy atom.